The molecule has 0 heterocycles. The lowest BCUT2D eigenvalue weighted by molar-refractivity contribution is -0.162. The van der Waals surface area contributed by atoms with E-state index in [1.54, 1.807) is 24.3 Å². The third-order valence-electron chi connectivity index (χ3n) is 2.47. The lowest BCUT2D eigenvalue weighted by Gasteiger charge is -2.24. The number of benzene rings is 1. The molecule has 0 bridgehead atoms. The van der Waals surface area contributed by atoms with Crippen LogP contribution in [-0.2, 0) is 19.1 Å². The molecular formula is C14H17ClN2O5. The monoisotopic (exact) mass is 328 g/mol. The highest BCUT2D eigenvalue weighted by Gasteiger charge is 2.32. The summed E-state index contributed by atoms with van der Waals surface area (Å²) in [6.45, 7) is 2.16. The zero-order valence-corrected chi connectivity index (χ0v) is 13.0. The SMILES string of the molecule is CC(C)(Oc1ccc(Cl)cc1)C(=O)OCC(=O)NCC(N)=O. The fourth-order valence-corrected chi connectivity index (χ4v) is 1.51. The molecule has 1 aromatic rings. The van der Waals surface area contributed by atoms with Crippen LogP contribution in [-0.4, -0.2) is 36.5 Å². The van der Waals surface area contributed by atoms with Gasteiger partial charge in [0.15, 0.2) is 12.2 Å². The molecule has 0 aliphatic rings. The van der Waals surface area contributed by atoms with Gasteiger partial charge in [-0.25, -0.2) is 4.79 Å². The van der Waals surface area contributed by atoms with Crippen molar-refractivity contribution < 1.29 is 23.9 Å². The van der Waals surface area contributed by atoms with Gasteiger partial charge in [-0.15, -0.1) is 0 Å². The fourth-order valence-electron chi connectivity index (χ4n) is 1.38. The van der Waals surface area contributed by atoms with Gasteiger partial charge >= 0.3 is 5.97 Å². The number of ether oxygens (including phenoxy) is 2. The Morgan fingerprint density at radius 3 is 2.36 bits per heavy atom. The van der Waals surface area contributed by atoms with Gasteiger partial charge in [0.25, 0.3) is 5.91 Å². The number of esters is 1. The van der Waals surface area contributed by atoms with Crippen molar-refractivity contribution in [1.82, 2.24) is 5.32 Å². The topological polar surface area (TPSA) is 108 Å². The molecule has 1 rings (SSSR count). The molecule has 0 atom stereocenters. The Kier molecular flexibility index (Phi) is 6.18. The predicted molar refractivity (Wildman–Crippen MR) is 79.3 cm³/mol. The lowest BCUT2D eigenvalue weighted by atomic mass is 10.1. The van der Waals surface area contributed by atoms with E-state index in [0.29, 0.717) is 10.8 Å². The van der Waals surface area contributed by atoms with E-state index in [-0.39, 0.29) is 6.54 Å². The van der Waals surface area contributed by atoms with Crippen molar-refractivity contribution in [2.24, 2.45) is 5.73 Å². The standard InChI is InChI=1S/C14H17ClN2O5/c1-14(2,22-10-5-3-9(15)4-6-10)13(20)21-8-12(19)17-7-11(16)18/h3-6H,7-8H2,1-2H3,(H2,16,18)(H,17,19). The van der Waals surface area contributed by atoms with Crippen LogP contribution < -0.4 is 15.8 Å². The first-order chi connectivity index (χ1) is 10.2. The first-order valence-corrected chi connectivity index (χ1v) is 6.75. The van der Waals surface area contributed by atoms with Crippen molar-refractivity contribution in [3.63, 3.8) is 0 Å². The number of carbonyl (C=O) groups is 3. The summed E-state index contributed by atoms with van der Waals surface area (Å²) in [5, 5.41) is 2.74. The normalized spacial score (nSPS) is 10.7. The molecule has 0 fully saturated rings. The number of primary amides is 1. The third-order valence-corrected chi connectivity index (χ3v) is 2.72. The first-order valence-electron chi connectivity index (χ1n) is 6.37. The summed E-state index contributed by atoms with van der Waals surface area (Å²) in [4.78, 5) is 33.8. The number of amides is 2. The molecule has 0 aromatic heterocycles. The average molecular weight is 329 g/mol. The Bertz CT molecular complexity index is 557. The van der Waals surface area contributed by atoms with Gasteiger partial charge in [-0.2, -0.15) is 0 Å². The second-order valence-electron chi connectivity index (χ2n) is 4.89. The summed E-state index contributed by atoms with van der Waals surface area (Å²) < 4.78 is 10.4. The van der Waals surface area contributed by atoms with Crippen LogP contribution in [0.5, 0.6) is 5.75 Å². The minimum absolute atomic E-state index is 0.318. The minimum Gasteiger partial charge on any atom is -0.476 e. The molecule has 0 aliphatic carbocycles. The summed E-state index contributed by atoms with van der Waals surface area (Å²) >= 11 is 5.76. The van der Waals surface area contributed by atoms with Gasteiger partial charge in [0.05, 0.1) is 6.54 Å². The maximum absolute atomic E-state index is 11.9. The number of nitrogens with two attached hydrogens (primary N) is 1. The molecule has 0 radical (unpaired) electrons. The summed E-state index contributed by atoms with van der Waals surface area (Å²) in [6, 6.07) is 6.46. The average Bonchev–Trinajstić information content (AvgIpc) is 2.44. The van der Waals surface area contributed by atoms with Gasteiger partial charge in [-0.05, 0) is 38.1 Å². The second-order valence-corrected chi connectivity index (χ2v) is 5.32. The summed E-state index contributed by atoms with van der Waals surface area (Å²) in [5.74, 6) is -1.61. The highest BCUT2D eigenvalue weighted by Crippen LogP contribution is 2.21. The van der Waals surface area contributed by atoms with Crippen LogP contribution in [0.4, 0.5) is 0 Å². The molecule has 0 spiro atoms. The van der Waals surface area contributed by atoms with Crippen LogP contribution in [0.1, 0.15) is 13.8 Å². The van der Waals surface area contributed by atoms with E-state index in [2.05, 4.69) is 5.32 Å². The molecule has 1 aromatic carbocycles. The summed E-state index contributed by atoms with van der Waals surface area (Å²) in [7, 11) is 0. The van der Waals surface area contributed by atoms with Crippen molar-refractivity contribution in [3.8, 4) is 5.75 Å². The highest BCUT2D eigenvalue weighted by atomic mass is 35.5. The van der Waals surface area contributed by atoms with E-state index in [9.17, 15) is 14.4 Å². The predicted octanol–water partition coefficient (Wildman–Crippen LogP) is 0.642. The zero-order chi connectivity index (χ0) is 16.8. The van der Waals surface area contributed by atoms with Crippen LogP contribution in [0.25, 0.3) is 0 Å². The molecule has 22 heavy (non-hydrogen) atoms. The minimum atomic E-state index is -1.29. The smallest absolute Gasteiger partial charge is 0.350 e. The van der Waals surface area contributed by atoms with Crippen LogP contribution in [0.2, 0.25) is 5.02 Å². The van der Waals surface area contributed by atoms with E-state index < -0.39 is 30.0 Å². The summed E-state index contributed by atoms with van der Waals surface area (Å²) in [6.07, 6.45) is 0. The maximum atomic E-state index is 11.9. The first kappa shape index (κ1) is 17.8. The third kappa shape index (κ3) is 6.01. The fraction of sp³-hybridized carbons (Fsp3) is 0.357. The molecule has 3 N–H and O–H groups in total. The number of halogens is 1. The van der Waals surface area contributed by atoms with Crippen LogP contribution >= 0.6 is 11.6 Å². The molecule has 0 saturated heterocycles. The number of hydrogen-bond acceptors (Lipinski definition) is 5. The molecule has 0 aliphatic heterocycles. The highest BCUT2D eigenvalue weighted by molar-refractivity contribution is 6.30. The van der Waals surface area contributed by atoms with Gasteiger partial charge in [-0.3, -0.25) is 9.59 Å². The number of nitrogens with one attached hydrogen (secondary N) is 1. The quantitative estimate of drug-likeness (QED) is 0.714. The van der Waals surface area contributed by atoms with Gasteiger partial charge in [0, 0.05) is 5.02 Å². The molecular weight excluding hydrogens is 312 g/mol. The van der Waals surface area contributed by atoms with Crippen molar-refractivity contribution in [1.29, 1.82) is 0 Å². The number of rotatable bonds is 7. The van der Waals surface area contributed by atoms with Crippen LogP contribution in [0, 0.1) is 0 Å². The molecule has 2 amide bonds. The van der Waals surface area contributed by atoms with E-state index in [4.69, 9.17) is 26.8 Å². The van der Waals surface area contributed by atoms with Crippen LogP contribution in [0.3, 0.4) is 0 Å². The Balaban J connectivity index is 2.50. The van der Waals surface area contributed by atoms with E-state index >= 15 is 0 Å². The number of hydrogen-bond donors (Lipinski definition) is 2. The van der Waals surface area contributed by atoms with Gasteiger partial charge in [-0.1, -0.05) is 11.6 Å². The lowest BCUT2D eigenvalue weighted by Crippen LogP contribution is -2.42. The van der Waals surface area contributed by atoms with E-state index in [1.807, 2.05) is 0 Å². The molecule has 120 valence electrons. The number of carbonyl (C=O) groups excluding carboxylic acids is 3. The maximum Gasteiger partial charge on any atom is 0.350 e. The Morgan fingerprint density at radius 2 is 1.82 bits per heavy atom. The Labute approximate surface area is 132 Å². The zero-order valence-electron chi connectivity index (χ0n) is 12.2. The Hall–Kier alpha value is -2.28. The molecule has 8 heteroatoms. The van der Waals surface area contributed by atoms with Gasteiger partial charge in [0.2, 0.25) is 5.91 Å². The van der Waals surface area contributed by atoms with Gasteiger partial charge < -0.3 is 20.5 Å². The van der Waals surface area contributed by atoms with E-state index in [0.717, 1.165) is 0 Å². The van der Waals surface area contributed by atoms with Crippen molar-refractivity contribution in [2.75, 3.05) is 13.2 Å². The van der Waals surface area contributed by atoms with Crippen molar-refractivity contribution in [2.45, 2.75) is 19.4 Å². The largest absolute Gasteiger partial charge is 0.476 e. The van der Waals surface area contributed by atoms with Crippen molar-refractivity contribution in [3.05, 3.63) is 29.3 Å². The summed E-state index contributed by atoms with van der Waals surface area (Å²) in [5.41, 5.74) is 3.58. The van der Waals surface area contributed by atoms with E-state index in [1.165, 1.54) is 13.8 Å². The van der Waals surface area contributed by atoms with Crippen LogP contribution in [0.15, 0.2) is 24.3 Å². The molecule has 0 saturated carbocycles. The second kappa shape index (κ2) is 7.65. The van der Waals surface area contributed by atoms with Gasteiger partial charge in [0.1, 0.15) is 5.75 Å². The van der Waals surface area contributed by atoms with Crippen molar-refractivity contribution >= 4 is 29.4 Å². The molecule has 0 unspecified atom stereocenters. The Morgan fingerprint density at radius 1 is 1.23 bits per heavy atom. The molecule has 7 nitrogen and oxygen atoms in total.